The van der Waals surface area contributed by atoms with Crippen LogP contribution in [0.25, 0.3) is 32.2 Å². The lowest BCUT2D eigenvalue weighted by Crippen LogP contribution is -1.79. The topological polar surface area (TPSA) is 38.9 Å². The number of rotatable bonds is 2. The molecule has 0 aliphatic heterocycles. The van der Waals surface area contributed by atoms with E-state index in [2.05, 4.69) is 10.1 Å². The summed E-state index contributed by atoms with van der Waals surface area (Å²) in [4.78, 5) is 5.27. The van der Waals surface area contributed by atoms with Gasteiger partial charge in [-0.1, -0.05) is 65.3 Å². The van der Waals surface area contributed by atoms with Crippen molar-refractivity contribution in [2.75, 3.05) is 0 Å². The number of benzene rings is 2. The second kappa shape index (κ2) is 4.98. The standard InChI is InChI=1S/C16H9ClN2OS/c17-13-11-8-4-5-9-12(11)21-14(13)16-18-15(19-20-16)10-6-2-1-3-7-10/h1-9H. The predicted octanol–water partition coefficient (Wildman–Crippen LogP) is 5.27. The van der Waals surface area contributed by atoms with Crippen LogP contribution in [0.5, 0.6) is 0 Å². The maximum Gasteiger partial charge on any atom is 0.269 e. The van der Waals surface area contributed by atoms with E-state index in [0.29, 0.717) is 16.7 Å². The molecule has 0 aliphatic rings. The highest BCUT2D eigenvalue weighted by molar-refractivity contribution is 7.23. The van der Waals surface area contributed by atoms with Gasteiger partial charge in [0, 0.05) is 15.6 Å². The van der Waals surface area contributed by atoms with E-state index in [1.165, 1.54) is 0 Å². The molecule has 4 aromatic rings. The normalized spacial score (nSPS) is 11.1. The average molecular weight is 313 g/mol. The first-order chi connectivity index (χ1) is 10.3. The minimum Gasteiger partial charge on any atom is -0.333 e. The van der Waals surface area contributed by atoms with E-state index >= 15 is 0 Å². The third kappa shape index (κ3) is 2.13. The van der Waals surface area contributed by atoms with Crippen LogP contribution in [0, 0.1) is 0 Å². The lowest BCUT2D eigenvalue weighted by molar-refractivity contribution is 0.433. The number of aromatic nitrogens is 2. The number of fused-ring (bicyclic) bond motifs is 1. The van der Waals surface area contributed by atoms with Crippen LogP contribution >= 0.6 is 22.9 Å². The van der Waals surface area contributed by atoms with Crippen LogP contribution in [-0.4, -0.2) is 10.1 Å². The van der Waals surface area contributed by atoms with Crippen molar-refractivity contribution < 1.29 is 4.52 Å². The molecule has 0 radical (unpaired) electrons. The highest BCUT2D eigenvalue weighted by atomic mass is 35.5. The molecule has 0 fully saturated rings. The second-order valence-corrected chi connectivity index (χ2v) is 5.96. The van der Waals surface area contributed by atoms with Crippen LogP contribution in [-0.2, 0) is 0 Å². The highest BCUT2D eigenvalue weighted by Gasteiger charge is 2.18. The zero-order valence-corrected chi connectivity index (χ0v) is 12.4. The Kier molecular flexibility index (Phi) is 2.98. The highest BCUT2D eigenvalue weighted by Crippen LogP contribution is 2.41. The molecule has 5 heteroatoms. The summed E-state index contributed by atoms with van der Waals surface area (Å²) in [6.07, 6.45) is 0. The summed E-state index contributed by atoms with van der Waals surface area (Å²) in [5.41, 5.74) is 0.921. The molecule has 2 aromatic heterocycles. The first kappa shape index (κ1) is 12.6. The Balaban J connectivity index is 1.83. The Bertz CT molecular complexity index is 914. The molecule has 0 unspecified atom stereocenters. The maximum absolute atomic E-state index is 6.43. The summed E-state index contributed by atoms with van der Waals surface area (Å²) < 4.78 is 6.49. The molecule has 2 aromatic carbocycles. The molecular weight excluding hydrogens is 304 g/mol. The van der Waals surface area contributed by atoms with Crippen molar-refractivity contribution in [3.8, 4) is 22.2 Å². The van der Waals surface area contributed by atoms with Gasteiger partial charge in [0.1, 0.15) is 4.88 Å². The summed E-state index contributed by atoms with van der Waals surface area (Å²) in [5, 5.41) is 5.71. The van der Waals surface area contributed by atoms with Crippen LogP contribution in [0.3, 0.4) is 0 Å². The number of halogens is 1. The quantitative estimate of drug-likeness (QED) is 0.506. The maximum atomic E-state index is 6.43. The van der Waals surface area contributed by atoms with Gasteiger partial charge in [0.2, 0.25) is 5.82 Å². The van der Waals surface area contributed by atoms with Crippen molar-refractivity contribution in [2.45, 2.75) is 0 Å². The molecule has 2 heterocycles. The molecule has 0 amide bonds. The summed E-state index contributed by atoms with van der Waals surface area (Å²) in [5.74, 6) is 1.03. The molecule has 0 N–H and O–H groups in total. The molecule has 4 rings (SSSR count). The summed E-state index contributed by atoms with van der Waals surface area (Å²) >= 11 is 7.99. The Morgan fingerprint density at radius 3 is 2.52 bits per heavy atom. The molecule has 0 bridgehead atoms. The first-order valence-corrected chi connectivity index (χ1v) is 7.59. The van der Waals surface area contributed by atoms with Crippen molar-refractivity contribution in [3.05, 3.63) is 59.6 Å². The minimum absolute atomic E-state index is 0.458. The van der Waals surface area contributed by atoms with Crippen LogP contribution in [0.1, 0.15) is 0 Å². The zero-order chi connectivity index (χ0) is 14.2. The number of hydrogen-bond donors (Lipinski definition) is 0. The fourth-order valence-electron chi connectivity index (χ4n) is 2.17. The second-order valence-electron chi connectivity index (χ2n) is 4.53. The van der Waals surface area contributed by atoms with Gasteiger partial charge < -0.3 is 4.52 Å². The lowest BCUT2D eigenvalue weighted by atomic mass is 10.2. The van der Waals surface area contributed by atoms with Gasteiger partial charge in [0.15, 0.2) is 0 Å². The molecule has 0 saturated carbocycles. The minimum atomic E-state index is 0.458. The average Bonchev–Trinajstić information content (AvgIpc) is 3.14. The smallest absolute Gasteiger partial charge is 0.269 e. The van der Waals surface area contributed by atoms with Crippen LogP contribution in [0.2, 0.25) is 5.02 Å². The Hall–Kier alpha value is -2.17. The number of thiophene rings is 1. The molecule has 0 spiro atoms. The van der Waals surface area contributed by atoms with E-state index in [1.807, 2.05) is 54.6 Å². The van der Waals surface area contributed by atoms with E-state index < -0.39 is 0 Å². The third-order valence-electron chi connectivity index (χ3n) is 3.19. The molecule has 102 valence electrons. The van der Waals surface area contributed by atoms with Gasteiger partial charge in [0.25, 0.3) is 5.89 Å². The van der Waals surface area contributed by atoms with E-state index in [0.717, 1.165) is 20.5 Å². The van der Waals surface area contributed by atoms with E-state index in [9.17, 15) is 0 Å². The molecule has 3 nitrogen and oxygen atoms in total. The van der Waals surface area contributed by atoms with Gasteiger partial charge in [0.05, 0.1) is 5.02 Å². The van der Waals surface area contributed by atoms with Crippen molar-refractivity contribution in [2.24, 2.45) is 0 Å². The Labute approximate surface area is 129 Å². The SMILES string of the molecule is Clc1c(-c2nc(-c3ccccc3)no2)sc2ccccc12. The first-order valence-electron chi connectivity index (χ1n) is 6.39. The summed E-state index contributed by atoms with van der Waals surface area (Å²) in [7, 11) is 0. The molecule has 21 heavy (non-hydrogen) atoms. The van der Waals surface area contributed by atoms with Gasteiger partial charge >= 0.3 is 0 Å². The van der Waals surface area contributed by atoms with Crippen molar-refractivity contribution in [3.63, 3.8) is 0 Å². The number of hydrogen-bond acceptors (Lipinski definition) is 4. The van der Waals surface area contributed by atoms with Gasteiger partial charge in [-0.25, -0.2) is 0 Å². The van der Waals surface area contributed by atoms with Crippen LogP contribution < -0.4 is 0 Å². The van der Waals surface area contributed by atoms with Gasteiger partial charge in [-0.3, -0.25) is 0 Å². The largest absolute Gasteiger partial charge is 0.333 e. The van der Waals surface area contributed by atoms with Gasteiger partial charge in [-0.2, -0.15) is 4.98 Å². The van der Waals surface area contributed by atoms with Crippen LogP contribution in [0.15, 0.2) is 59.1 Å². The molecule has 0 aliphatic carbocycles. The monoisotopic (exact) mass is 312 g/mol. The fraction of sp³-hybridized carbons (Fsp3) is 0. The van der Waals surface area contributed by atoms with E-state index in [1.54, 1.807) is 11.3 Å². The predicted molar refractivity (Wildman–Crippen MR) is 85.6 cm³/mol. The summed E-state index contributed by atoms with van der Waals surface area (Å²) in [6, 6.07) is 17.7. The van der Waals surface area contributed by atoms with Gasteiger partial charge in [-0.05, 0) is 6.07 Å². The van der Waals surface area contributed by atoms with Crippen molar-refractivity contribution >= 4 is 33.0 Å². The molecule has 0 saturated heterocycles. The van der Waals surface area contributed by atoms with Crippen LogP contribution in [0.4, 0.5) is 0 Å². The summed E-state index contributed by atoms with van der Waals surface area (Å²) in [6.45, 7) is 0. The Morgan fingerprint density at radius 2 is 1.71 bits per heavy atom. The van der Waals surface area contributed by atoms with Crippen molar-refractivity contribution in [1.29, 1.82) is 0 Å². The zero-order valence-electron chi connectivity index (χ0n) is 10.8. The van der Waals surface area contributed by atoms with Crippen molar-refractivity contribution in [1.82, 2.24) is 10.1 Å². The number of nitrogens with zero attached hydrogens (tertiary/aromatic N) is 2. The van der Waals surface area contributed by atoms with E-state index in [-0.39, 0.29) is 0 Å². The molecular formula is C16H9ClN2OS. The third-order valence-corrected chi connectivity index (χ3v) is 4.85. The van der Waals surface area contributed by atoms with Gasteiger partial charge in [-0.15, -0.1) is 11.3 Å². The fourth-order valence-corrected chi connectivity index (χ4v) is 3.61. The molecule has 0 atom stereocenters. The lowest BCUT2D eigenvalue weighted by Gasteiger charge is -1.91. The Morgan fingerprint density at radius 1 is 0.952 bits per heavy atom. The van der Waals surface area contributed by atoms with E-state index in [4.69, 9.17) is 16.1 Å².